The van der Waals surface area contributed by atoms with Crippen LogP contribution in [0.25, 0.3) is 0 Å². The molecule has 114 valence electrons. The minimum Gasteiger partial charge on any atom is -0.494 e. The molecule has 0 saturated heterocycles. The maximum Gasteiger partial charge on any atom is 0.168 e. The molecular formula is C18H24FNO. The van der Waals surface area contributed by atoms with Crippen molar-refractivity contribution in [1.82, 2.24) is 0 Å². The average Bonchev–Trinajstić information content (AvgIpc) is 3.12. The molecule has 2 bridgehead atoms. The van der Waals surface area contributed by atoms with E-state index in [-0.39, 0.29) is 11.4 Å². The molecule has 0 radical (unpaired) electrons. The molecule has 0 amide bonds. The first-order valence-corrected chi connectivity index (χ1v) is 8.22. The van der Waals surface area contributed by atoms with Crippen molar-refractivity contribution >= 4 is 0 Å². The monoisotopic (exact) mass is 289 g/mol. The molecular weight excluding hydrogens is 265 g/mol. The minimum absolute atomic E-state index is 0.205. The van der Waals surface area contributed by atoms with Crippen LogP contribution >= 0.6 is 0 Å². The molecule has 0 aromatic heterocycles. The van der Waals surface area contributed by atoms with Crippen LogP contribution in [0.15, 0.2) is 18.2 Å². The van der Waals surface area contributed by atoms with Crippen molar-refractivity contribution in [3.05, 3.63) is 29.6 Å². The number of nitrogens with two attached hydrogens (primary N) is 1. The van der Waals surface area contributed by atoms with Gasteiger partial charge in [-0.15, -0.1) is 0 Å². The third-order valence-corrected chi connectivity index (χ3v) is 6.47. The second-order valence-electron chi connectivity index (χ2n) is 7.41. The normalized spacial score (nSPS) is 40.5. The van der Waals surface area contributed by atoms with Crippen LogP contribution in [0.4, 0.5) is 4.39 Å². The van der Waals surface area contributed by atoms with Crippen molar-refractivity contribution in [2.45, 2.75) is 44.1 Å². The summed E-state index contributed by atoms with van der Waals surface area (Å²) in [6.07, 6.45) is 7.11. The molecule has 3 heteroatoms. The van der Waals surface area contributed by atoms with Crippen molar-refractivity contribution in [2.24, 2.45) is 29.4 Å². The van der Waals surface area contributed by atoms with Crippen molar-refractivity contribution < 1.29 is 9.13 Å². The van der Waals surface area contributed by atoms with Gasteiger partial charge in [-0.3, -0.25) is 0 Å². The van der Waals surface area contributed by atoms with Gasteiger partial charge in [-0.1, -0.05) is 18.6 Å². The van der Waals surface area contributed by atoms with Gasteiger partial charge < -0.3 is 10.5 Å². The molecule has 5 unspecified atom stereocenters. The highest BCUT2D eigenvalue weighted by Crippen LogP contribution is 2.62. The molecule has 4 rings (SSSR count). The topological polar surface area (TPSA) is 35.2 Å². The van der Waals surface area contributed by atoms with Crippen LogP contribution in [-0.4, -0.2) is 12.6 Å². The molecule has 21 heavy (non-hydrogen) atoms. The van der Waals surface area contributed by atoms with Crippen LogP contribution in [0, 0.1) is 29.5 Å². The summed E-state index contributed by atoms with van der Waals surface area (Å²) in [7, 11) is 1.51. The summed E-state index contributed by atoms with van der Waals surface area (Å²) < 4.78 is 19.5. The van der Waals surface area contributed by atoms with Gasteiger partial charge >= 0.3 is 0 Å². The fourth-order valence-corrected chi connectivity index (χ4v) is 5.72. The van der Waals surface area contributed by atoms with E-state index < -0.39 is 0 Å². The Hall–Kier alpha value is -1.09. The first kappa shape index (κ1) is 13.6. The molecule has 0 heterocycles. The van der Waals surface area contributed by atoms with Crippen molar-refractivity contribution in [1.29, 1.82) is 0 Å². The van der Waals surface area contributed by atoms with E-state index >= 15 is 0 Å². The number of hydrogen-bond donors (Lipinski definition) is 1. The number of fused-ring (bicyclic) bond motifs is 5. The van der Waals surface area contributed by atoms with Gasteiger partial charge in [0.15, 0.2) is 11.6 Å². The largest absolute Gasteiger partial charge is 0.494 e. The lowest BCUT2D eigenvalue weighted by molar-refractivity contribution is 0.155. The standard InChI is InChI=1S/C18H24FNO/c1-21-16-7-2-4-11(17(16)19)9-18(20)10-12-8-15(18)14-6-3-5-13(12)14/h2,4,7,12-15H,3,5-6,8-10,20H2,1H3. The predicted octanol–water partition coefficient (Wildman–Crippen LogP) is 3.53. The van der Waals surface area contributed by atoms with E-state index in [0.29, 0.717) is 18.1 Å². The maximum atomic E-state index is 14.4. The minimum atomic E-state index is -0.226. The quantitative estimate of drug-likeness (QED) is 0.924. The lowest BCUT2D eigenvalue weighted by Crippen LogP contribution is -2.51. The first-order valence-electron chi connectivity index (χ1n) is 8.22. The Balaban J connectivity index is 1.60. The number of rotatable bonds is 3. The van der Waals surface area contributed by atoms with E-state index in [4.69, 9.17) is 10.5 Å². The molecule has 3 aliphatic rings. The lowest BCUT2D eigenvalue weighted by atomic mass is 9.69. The summed E-state index contributed by atoms with van der Waals surface area (Å²) in [5.74, 6) is 3.22. The highest BCUT2D eigenvalue weighted by atomic mass is 19.1. The lowest BCUT2D eigenvalue weighted by Gasteiger charge is -2.40. The number of methoxy groups -OCH3 is 1. The van der Waals surface area contributed by atoms with Gasteiger partial charge in [0, 0.05) is 5.54 Å². The first-order chi connectivity index (χ1) is 10.1. The fraction of sp³-hybridized carbons (Fsp3) is 0.667. The molecule has 1 aromatic carbocycles. The number of ether oxygens (including phenoxy) is 1. The molecule has 3 fully saturated rings. The summed E-state index contributed by atoms with van der Waals surface area (Å²) >= 11 is 0. The van der Waals surface area contributed by atoms with Gasteiger partial charge in [-0.2, -0.15) is 0 Å². The molecule has 3 aliphatic carbocycles. The zero-order valence-electron chi connectivity index (χ0n) is 12.6. The predicted molar refractivity (Wildman–Crippen MR) is 80.6 cm³/mol. The molecule has 3 saturated carbocycles. The van der Waals surface area contributed by atoms with E-state index in [1.54, 1.807) is 6.07 Å². The van der Waals surface area contributed by atoms with Gasteiger partial charge in [0.25, 0.3) is 0 Å². The maximum absolute atomic E-state index is 14.4. The van der Waals surface area contributed by atoms with E-state index in [2.05, 4.69) is 0 Å². The Kier molecular flexibility index (Phi) is 3.04. The van der Waals surface area contributed by atoms with Gasteiger partial charge in [-0.05, 0) is 67.4 Å². The Morgan fingerprint density at radius 1 is 1.33 bits per heavy atom. The Bertz CT molecular complexity index is 560. The van der Waals surface area contributed by atoms with Crippen LogP contribution in [0.2, 0.25) is 0 Å². The summed E-state index contributed by atoms with van der Waals surface area (Å²) in [6.45, 7) is 0. The van der Waals surface area contributed by atoms with Gasteiger partial charge in [-0.25, -0.2) is 4.39 Å². The van der Waals surface area contributed by atoms with Crippen molar-refractivity contribution in [3.63, 3.8) is 0 Å². The smallest absolute Gasteiger partial charge is 0.168 e. The highest BCUT2D eigenvalue weighted by molar-refractivity contribution is 5.33. The highest BCUT2D eigenvalue weighted by Gasteiger charge is 2.59. The molecule has 0 aliphatic heterocycles. The van der Waals surface area contributed by atoms with E-state index in [1.165, 1.54) is 32.8 Å². The number of halogens is 1. The third-order valence-electron chi connectivity index (χ3n) is 6.47. The summed E-state index contributed by atoms with van der Waals surface area (Å²) in [5.41, 5.74) is 7.30. The Morgan fingerprint density at radius 2 is 2.14 bits per heavy atom. The summed E-state index contributed by atoms with van der Waals surface area (Å²) in [4.78, 5) is 0. The third kappa shape index (κ3) is 1.93. The molecule has 2 N–H and O–H groups in total. The van der Waals surface area contributed by atoms with E-state index in [0.717, 1.165) is 29.7 Å². The van der Waals surface area contributed by atoms with Crippen LogP contribution < -0.4 is 10.5 Å². The van der Waals surface area contributed by atoms with Gasteiger partial charge in [0.1, 0.15) is 0 Å². The molecule has 0 spiro atoms. The van der Waals surface area contributed by atoms with Crippen molar-refractivity contribution in [3.8, 4) is 5.75 Å². The second kappa shape index (κ2) is 4.70. The van der Waals surface area contributed by atoms with Crippen LogP contribution in [0.3, 0.4) is 0 Å². The van der Waals surface area contributed by atoms with Crippen molar-refractivity contribution in [2.75, 3.05) is 7.11 Å². The van der Waals surface area contributed by atoms with E-state index in [1.807, 2.05) is 12.1 Å². The zero-order valence-corrected chi connectivity index (χ0v) is 12.6. The summed E-state index contributed by atoms with van der Waals surface area (Å²) in [6, 6.07) is 5.41. The second-order valence-corrected chi connectivity index (χ2v) is 7.41. The Morgan fingerprint density at radius 3 is 2.95 bits per heavy atom. The average molecular weight is 289 g/mol. The summed E-state index contributed by atoms with van der Waals surface area (Å²) in [5, 5.41) is 0. The number of hydrogen-bond acceptors (Lipinski definition) is 2. The van der Waals surface area contributed by atoms with Crippen LogP contribution in [0.5, 0.6) is 5.75 Å². The van der Waals surface area contributed by atoms with E-state index in [9.17, 15) is 4.39 Å². The zero-order chi connectivity index (χ0) is 14.6. The number of benzene rings is 1. The van der Waals surface area contributed by atoms with Crippen LogP contribution in [-0.2, 0) is 6.42 Å². The van der Waals surface area contributed by atoms with Gasteiger partial charge in [0.2, 0.25) is 0 Å². The van der Waals surface area contributed by atoms with Crippen LogP contribution in [0.1, 0.15) is 37.7 Å². The molecule has 1 aromatic rings. The molecule has 2 nitrogen and oxygen atoms in total. The fourth-order valence-electron chi connectivity index (χ4n) is 5.72. The SMILES string of the molecule is COc1cccc(CC2(N)CC3CC2C2CCCC32)c1F. The van der Waals surface area contributed by atoms with Gasteiger partial charge in [0.05, 0.1) is 7.11 Å². The Labute approximate surface area is 125 Å². The molecule has 5 atom stereocenters.